The van der Waals surface area contributed by atoms with Crippen molar-refractivity contribution >= 4 is 9.84 Å². The van der Waals surface area contributed by atoms with Crippen LogP contribution < -0.4 is 5.73 Å². The molecular formula is C12H17NO2S. The molecule has 1 rings (SSSR count). The molecule has 0 aliphatic rings. The second-order valence-electron chi connectivity index (χ2n) is 4.11. The lowest BCUT2D eigenvalue weighted by Gasteiger charge is -2.12. The molecule has 0 aliphatic heterocycles. The zero-order valence-electron chi connectivity index (χ0n) is 9.60. The fraction of sp³-hybridized carbons (Fsp3) is 0.333. The van der Waals surface area contributed by atoms with Crippen molar-refractivity contribution in [3.8, 4) is 0 Å². The van der Waals surface area contributed by atoms with E-state index in [1.165, 1.54) is 6.26 Å². The monoisotopic (exact) mass is 239 g/mol. The first kappa shape index (κ1) is 12.9. The van der Waals surface area contributed by atoms with Gasteiger partial charge >= 0.3 is 0 Å². The van der Waals surface area contributed by atoms with Gasteiger partial charge in [0.05, 0.1) is 4.90 Å². The first-order valence-electron chi connectivity index (χ1n) is 5.00. The minimum absolute atomic E-state index is 0.119. The molecule has 0 heterocycles. The molecule has 0 bridgehead atoms. The fourth-order valence-corrected chi connectivity index (χ4v) is 2.09. The van der Waals surface area contributed by atoms with Gasteiger partial charge in [0.2, 0.25) is 0 Å². The largest absolute Gasteiger partial charge is 0.324 e. The Morgan fingerprint density at radius 2 is 1.88 bits per heavy atom. The minimum Gasteiger partial charge on any atom is -0.324 e. The summed E-state index contributed by atoms with van der Waals surface area (Å²) in [4.78, 5) is 0.318. The van der Waals surface area contributed by atoms with Crippen molar-refractivity contribution in [2.75, 3.05) is 6.26 Å². The van der Waals surface area contributed by atoms with Crippen molar-refractivity contribution in [1.29, 1.82) is 0 Å². The molecule has 2 N–H and O–H groups in total. The van der Waals surface area contributed by atoms with E-state index in [1.807, 2.05) is 6.92 Å². The molecule has 0 amide bonds. The number of hydrogen-bond acceptors (Lipinski definition) is 3. The molecule has 0 fully saturated rings. The topological polar surface area (TPSA) is 60.2 Å². The van der Waals surface area contributed by atoms with Crippen LogP contribution in [0.3, 0.4) is 0 Å². The van der Waals surface area contributed by atoms with E-state index in [2.05, 4.69) is 6.58 Å². The number of rotatable bonds is 4. The molecule has 0 saturated heterocycles. The molecule has 0 spiro atoms. The fourth-order valence-electron chi connectivity index (χ4n) is 1.46. The van der Waals surface area contributed by atoms with E-state index in [4.69, 9.17) is 5.73 Å². The van der Waals surface area contributed by atoms with E-state index >= 15 is 0 Å². The highest BCUT2D eigenvalue weighted by atomic mass is 32.2. The van der Waals surface area contributed by atoms with Crippen LogP contribution in [0, 0.1) is 0 Å². The van der Waals surface area contributed by atoms with Crippen LogP contribution in [0.25, 0.3) is 0 Å². The molecule has 1 aromatic carbocycles. The van der Waals surface area contributed by atoms with Gasteiger partial charge in [-0.05, 0) is 31.0 Å². The Labute approximate surface area is 96.9 Å². The molecule has 0 unspecified atom stereocenters. The lowest BCUT2D eigenvalue weighted by Crippen LogP contribution is -2.10. The third-order valence-corrected chi connectivity index (χ3v) is 3.43. The molecule has 1 atom stereocenters. The average molecular weight is 239 g/mol. The highest BCUT2D eigenvalue weighted by Crippen LogP contribution is 2.19. The number of benzene rings is 1. The van der Waals surface area contributed by atoms with Crippen LogP contribution in [-0.2, 0) is 9.84 Å². The Kier molecular flexibility index (Phi) is 3.88. The highest BCUT2D eigenvalue weighted by molar-refractivity contribution is 7.90. The molecule has 0 saturated carbocycles. The smallest absolute Gasteiger partial charge is 0.175 e. The third kappa shape index (κ3) is 3.47. The number of hydrogen-bond donors (Lipinski definition) is 1. The van der Waals surface area contributed by atoms with Crippen molar-refractivity contribution in [1.82, 2.24) is 0 Å². The van der Waals surface area contributed by atoms with Crippen LogP contribution in [-0.4, -0.2) is 14.7 Å². The van der Waals surface area contributed by atoms with Crippen LogP contribution in [0.15, 0.2) is 41.3 Å². The predicted molar refractivity (Wildman–Crippen MR) is 65.9 cm³/mol. The van der Waals surface area contributed by atoms with Crippen molar-refractivity contribution in [3.63, 3.8) is 0 Å². The summed E-state index contributed by atoms with van der Waals surface area (Å²) < 4.78 is 22.5. The Bertz CT molecular complexity index is 474. The normalized spacial score (nSPS) is 13.4. The van der Waals surface area contributed by atoms with Gasteiger partial charge in [-0.1, -0.05) is 17.7 Å². The van der Waals surface area contributed by atoms with Gasteiger partial charge in [-0.3, -0.25) is 0 Å². The van der Waals surface area contributed by atoms with Gasteiger partial charge in [-0.2, -0.15) is 0 Å². The van der Waals surface area contributed by atoms with E-state index in [0.717, 1.165) is 11.1 Å². The lowest BCUT2D eigenvalue weighted by molar-refractivity contribution is 0.601. The predicted octanol–water partition coefficient (Wildman–Crippen LogP) is 2.06. The molecule has 3 nitrogen and oxygen atoms in total. The summed E-state index contributed by atoms with van der Waals surface area (Å²) in [6.07, 6.45) is 1.90. The highest BCUT2D eigenvalue weighted by Gasteiger charge is 2.09. The van der Waals surface area contributed by atoms with Gasteiger partial charge in [0, 0.05) is 12.3 Å². The lowest BCUT2D eigenvalue weighted by atomic mass is 10.0. The quantitative estimate of drug-likeness (QED) is 0.818. The SMILES string of the molecule is C=C(C)C[C@H](N)c1ccc(S(C)(=O)=O)cc1. The summed E-state index contributed by atoms with van der Waals surface area (Å²) in [6, 6.07) is 6.56. The van der Waals surface area contributed by atoms with Gasteiger partial charge in [-0.15, -0.1) is 6.58 Å². The molecular weight excluding hydrogens is 222 g/mol. The summed E-state index contributed by atoms with van der Waals surface area (Å²) in [7, 11) is -3.13. The van der Waals surface area contributed by atoms with Gasteiger partial charge in [0.25, 0.3) is 0 Å². The van der Waals surface area contributed by atoms with Crippen molar-refractivity contribution < 1.29 is 8.42 Å². The van der Waals surface area contributed by atoms with E-state index in [9.17, 15) is 8.42 Å². The van der Waals surface area contributed by atoms with Crippen molar-refractivity contribution in [3.05, 3.63) is 42.0 Å². The van der Waals surface area contributed by atoms with E-state index in [1.54, 1.807) is 24.3 Å². The maximum Gasteiger partial charge on any atom is 0.175 e. The molecule has 88 valence electrons. The Morgan fingerprint density at radius 1 is 1.38 bits per heavy atom. The summed E-state index contributed by atoms with van der Waals surface area (Å²) in [5.74, 6) is 0. The zero-order chi connectivity index (χ0) is 12.3. The van der Waals surface area contributed by atoms with Crippen LogP contribution >= 0.6 is 0 Å². The van der Waals surface area contributed by atoms with E-state index < -0.39 is 9.84 Å². The van der Waals surface area contributed by atoms with Crippen LogP contribution in [0.2, 0.25) is 0 Å². The molecule has 1 aromatic rings. The summed E-state index contributed by atoms with van der Waals surface area (Å²) in [5.41, 5.74) is 7.88. The molecule has 0 aliphatic carbocycles. The summed E-state index contributed by atoms with van der Waals surface area (Å²) in [6.45, 7) is 5.72. The Hall–Kier alpha value is -1.13. The first-order valence-corrected chi connectivity index (χ1v) is 6.90. The molecule has 0 aromatic heterocycles. The summed E-state index contributed by atoms with van der Waals surface area (Å²) >= 11 is 0. The minimum atomic E-state index is -3.13. The third-order valence-electron chi connectivity index (χ3n) is 2.30. The van der Waals surface area contributed by atoms with Crippen LogP contribution in [0.5, 0.6) is 0 Å². The average Bonchev–Trinajstić information content (AvgIpc) is 2.15. The Morgan fingerprint density at radius 3 is 2.25 bits per heavy atom. The number of nitrogens with two attached hydrogens (primary N) is 1. The van der Waals surface area contributed by atoms with Crippen molar-refractivity contribution in [2.24, 2.45) is 5.73 Å². The molecule has 16 heavy (non-hydrogen) atoms. The maximum atomic E-state index is 11.2. The zero-order valence-corrected chi connectivity index (χ0v) is 10.4. The number of sulfone groups is 1. The standard InChI is InChI=1S/C12H17NO2S/c1-9(2)8-12(13)10-4-6-11(7-5-10)16(3,14)15/h4-7,12H,1,8,13H2,2-3H3/t12-/m0/s1. The van der Waals surface area contributed by atoms with Gasteiger partial charge in [0.1, 0.15) is 0 Å². The second kappa shape index (κ2) is 4.80. The van der Waals surface area contributed by atoms with E-state index in [-0.39, 0.29) is 6.04 Å². The summed E-state index contributed by atoms with van der Waals surface area (Å²) in [5, 5.41) is 0. The van der Waals surface area contributed by atoms with Gasteiger partial charge in [0.15, 0.2) is 9.84 Å². The van der Waals surface area contributed by atoms with Gasteiger partial charge < -0.3 is 5.73 Å². The van der Waals surface area contributed by atoms with Crippen LogP contribution in [0.1, 0.15) is 24.9 Å². The molecule has 0 radical (unpaired) electrons. The van der Waals surface area contributed by atoms with Crippen molar-refractivity contribution in [2.45, 2.75) is 24.3 Å². The Balaban J connectivity index is 2.91. The van der Waals surface area contributed by atoms with Crippen LogP contribution in [0.4, 0.5) is 0 Å². The first-order chi connectivity index (χ1) is 7.30. The van der Waals surface area contributed by atoms with E-state index in [0.29, 0.717) is 11.3 Å². The maximum absolute atomic E-state index is 11.2. The molecule has 4 heteroatoms. The second-order valence-corrected chi connectivity index (χ2v) is 6.12. The van der Waals surface area contributed by atoms with Gasteiger partial charge in [-0.25, -0.2) is 8.42 Å².